The fourth-order valence-corrected chi connectivity index (χ4v) is 3.84. The molecule has 0 atom stereocenters. The SMILES string of the molecule is CCOC(=O)/C(=C\c1cccc(F)c1)C1=Nn2c(nnc2-c2ccc(OC)cc2)SC1. The second-order valence-electron chi connectivity index (χ2n) is 6.52. The summed E-state index contributed by atoms with van der Waals surface area (Å²) in [6.45, 7) is 1.95. The molecule has 3 aromatic rings. The van der Waals surface area contributed by atoms with Crippen LogP contribution in [-0.4, -0.2) is 46.0 Å². The minimum Gasteiger partial charge on any atom is -0.497 e. The van der Waals surface area contributed by atoms with Crippen LogP contribution in [0.1, 0.15) is 12.5 Å². The standard InChI is InChI=1S/C22H19FN4O3S/c1-3-30-21(28)18(12-14-5-4-6-16(23)11-14)19-13-31-22-25-24-20(27(22)26-19)15-7-9-17(29-2)10-8-15/h4-12H,3,13H2,1-2H3/b18-12-. The highest BCUT2D eigenvalue weighted by atomic mass is 32.2. The van der Waals surface area contributed by atoms with E-state index in [9.17, 15) is 9.18 Å². The van der Waals surface area contributed by atoms with Crippen molar-refractivity contribution in [3.05, 3.63) is 65.5 Å². The maximum absolute atomic E-state index is 13.6. The van der Waals surface area contributed by atoms with Crippen LogP contribution in [0.5, 0.6) is 5.75 Å². The number of aromatic nitrogens is 3. The van der Waals surface area contributed by atoms with Gasteiger partial charge in [-0.2, -0.15) is 9.78 Å². The highest BCUT2D eigenvalue weighted by molar-refractivity contribution is 7.99. The molecule has 4 rings (SSSR count). The van der Waals surface area contributed by atoms with E-state index in [1.54, 1.807) is 36.9 Å². The van der Waals surface area contributed by atoms with Crippen LogP contribution in [0.4, 0.5) is 4.39 Å². The summed E-state index contributed by atoms with van der Waals surface area (Å²) in [6, 6.07) is 13.4. The smallest absolute Gasteiger partial charge is 0.340 e. The molecule has 2 aromatic carbocycles. The molecule has 31 heavy (non-hydrogen) atoms. The second kappa shape index (κ2) is 9.13. The Kier molecular flexibility index (Phi) is 6.13. The van der Waals surface area contributed by atoms with Gasteiger partial charge in [0.25, 0.3) is 0 Å². The summed E-state index contributed by atoms with van der Waals surface area (Å²) in [6.07, 6.45) is 1.59. The van der Waals surface area contributed by atoms with E-state index < -0.39 is 5.97 Å². The lowest BCUT2D eigenvalue weighted by Crippen LogP contribution is -2.21. The average Bonchev–Trinajstić information content (AvgIpc) is 3.21. The summed E-state index contributed by atoms with van der Waals surface area (Å²) in [4.78, 5) is 12.7. The predicted molar refractivity (Wildman–Crippen MR) is 117 cm³/mol. The van der Waals surface area contributed by atoms with E-state index in [0.29, 0.717) is 28.0 Å². The second-order valence-corrected chi connectivity index (χ2v) is 7.46. The van der Waals surface area contributed by atoms with Crippen LogP contribution in [0.15, 0.2) is 64.4 Å². The Bertz CT molecular complexity index is 1170. The molecule has 2 heterocycles. The molecule has 9 heteroatoms. The first-order chi connectivity index (χ1) is 15.1. The zero-order valence-corrected chi connectivity index (χ0v) is 17.7. The minimum atomic E-state index is -0.520. The summed E-state index contributed by atoms with van der Waals surface area (Å²) in [5.41, 5.74) is 2.10. The van der Waals surface area contributed by atoms with Gasteiger partial charge in [-0.3, -0.25) is 0 Å². The number of fused-ring (bicyclic) bond motifs is 1. The van der Waals surface area contributed by atoms with Gasteiger partial charge in [-0.05, 0) is 55.0 Å². The van der Waals surface area contributed by atoms with Gasteiger partial charge >= 0.3 is 5.97 Å². The predicted octanol–water partition coefficient (Wildman–Crippen LogP) is 4.05. The summed E-state index contributed by atoms with van der Waals surface area (Å²) < 4.78 is 25.7. The Morgan fingerprint density at radius 2 is 2.03 bits per heavy atom. The number of thioether (sulfide) groups is 1. The van der Waals surface area contributed by atoms with E-state index >= 15 is 0 Å². The maximum Gasteiger partial charge on any atom is 0.340 e. The molecule has 0 spiro atoms. The zero-order chi connectivity index (χ0) is 21.8. The van der Waals surface area contributed by atoms with Gasteiger partial charge in [0.15, 0.2) is 5.82 Å². The Hall–Kier alpha value is -3.46. The van der Waals surface area contributed by atoms with Crippen molar-refractivity contribution in [1.82, 2.24) is 14.9 Å². The Labute approximate surface area is 182 Å². The first kappa shape index (κ1) is 20.8. The molecule has 7 nitrogen and oxygen atoms in total. The number of rotatable bonds is 6. The van der Waals surface area contributed by atoms with E-state index in [1.165, 1.54) is 23.9 Å². The van der Waals surface area contributed by atoms with E-state index in [-0.39, 0.29) is 18.0 Å². The van der Waals surface area contributed by atoms with Crippen molar-refractivity contribution in [3.8, 4) is 17.1 Å². The monoisotopic (exact) mass is 438 g/mol. The fourth-order valence-electron chi connectivity index (χ4n) is 3.01. The lowest BCUT2D eigenvalue weighted by atomic mass is 10.1. The molecule has 0 bridgehead atoms. The molecule has 1 aromatic heterocycles. The third-order valence-electron chi connectivity index (χ3n) is 4.48. The van der Waals surface area contributed by atoms with Crippen LogP contribution < -0.4 is 4.74 Å². The van der Waals surface area contributed by atoms with Gasteiger partial charge in [0.1, 0.15) is 11.6 Å². The average molecular weight is 438 g/mol. The number of nitrogens with zero attached hydrogens (tertiary/aromatic N) is 4. The van der Waals surface area contributed by atoms with Gasteiger partial charge in [-0.15, -0.1) is 10.2 Å². The highest BCUT2D eigenvalue weighted by Crippen LogP contribution is 2.30. The van der Waals surface area contributed by atoms with Crippen molar-refractivity contribution in [3.63, 3.8) is 0 Å². The first-order valence-corrected chi connectivity index (χ1v) is 10.5. The molecule has 1 aliphatic heterocycles. The van der Waals surface area contributed by atoms with Crippen molar-refractivity contribution < 1.29 is 18.7 Å². The van der Waals surface area contributed by atoms with Crippen LogP contribution in [0.25, 0.3) is 17.5 Å². The van der Waals surface area contributed by atoms with Gasteiger partial charge < -0.3 is 9.47 Å². The number of esters is 1. The largest absolute Gasteiger partial charge is 0.497 e. The van der Waals surface area contributed by atoms with Gasteiger partial charge in [-0.1, -0.05) is 23.9 Å². The van der Waals surface area contributed by atoms with Crippen LogP contribution in [0, 0.1) is 5.82 Å². The quantitative estimate of drug-likeness (QED) is 0.427. The van der Waals surface area contributed by atoms with Crippen LogP contribution in [0.2, 0.25) is 0 Å². The van der Waals surface area contributed by atoms with Gasteiger partial charge in [0, 0.05) is 11.3 Å². The molecule has 0 aliphatic carbocycles. The molecule has 1 aliphatic rings. The molecule has 0 N–H and O–H groups in total. The molecular weight excluding hydrogens is 419 g/mol. The third-order valence-corrected chi connectivity index (χ3v) is 5.42. The van der Waals surface area contributed by atoms with Gasteiger partial charge in [-0.25, -0.2) is 9.18 Å². The van der Waals surface area contributed by atoms with Crippen molar-refractivity contribution >= 4 is 29.5 Å². The molecule has 0 fully saturated rings. The Morgan fingerprint density at radius 3 is 2.74 bits per heavy atom. The van der Waals surface area contributed by atoms with E-state index in [0.717, 1.165) is 11.3 Å². The maximum atomic E-state index is 13.6. The van der Waals surface area contributed by atoms with E-state index in [1.807, 2.05) is 24.3 Å². The molecule has 0 saturated heterocycles. The lowest BCUT2D eigenvalue weighted by Gasteiger charge is -2.16. The Morgan fingerprint density at radius 1 is 1.23 bits per heavy atom. The number of hydrogen-bond donors (Lipinski definition) is 0. The lowest BCUT2D eigenvalue weighted by molar-refractivity contribution is -0.137. The number of methoxy groups -OCH3 is 1. The van der Waals surface area contributed by atoms with Gasteiger partial charge in [0.05, 0.1) is 25.0 Å². The van der Waals surface area contributed by atoms with Gasteiger partial charge in [0.2, 0.25) is 5.16 Å². The first-order valence-electron chi connectivity index (χ1n) is 9.54. The summed E-state index contributed by atoms with van der Waals surface area (Å²) in [7, 11) is 1.60. The number of ether oxygens (including phenoxy) is 2. The molecule has 0 saturated carbocycles. The molecule has 0 amide bonds. The van der Waals surface area contributed by atoms with Crippen molar-refractivity contribution in [2.75, 3.05) is 19.5 Å². The highest BCUT2D eigenvalue weighted by Gasteiger charge is 2.25. The number of carbonyl (C=O) groups is 1. The van der Waals surface area contributed by atoms with Crippen LogP contribution >= 0.6 is 11.8 Å². The minimum absolute atomic E-state index is 0.217. The van der Waals surface area contributed by atoms with Crippen molar-refractivity contribution in [1.29, 1.82) is 0 Å². The molecule has 0 radical (unpaired) electrons. The Balaban J connectivity index is 1.76. The molecular formula is C22H19FN4O3S. The topological polar surface area (TPSA) is 78.6 Å². The summed E-state index contributed by atoms with van der Waals surface area (Å²) >= 11 is 1.41. The number of carbonyl (C=O) groups excluding carboxylic acids is 1. The van der Waals surface area contributed by atoms with E-state index in [4.69, 9.17) is 9.47 Å². The molecule has 0 unspecified atom stereocenters. The number of hydrogen-bond acceptors (Lipinski definition) is 7. The summed E-state index contributed by atoms with van der Waals surface area (Å²) in [5.74, 6) is 0.758. The number of halogens is 1. The normalized spacial score (nSPS) is 13.4. The van der Waals surface area contributed by atoms with Crippen LogP contribution in [-0.2, 0) is 9.53 Å². The van der Waals surface area contributed by atoms with Crippen molar-refractivity contribution in [2.24, 2.45) is 5.10 Å². The van der Waals surface area contributed by atoms with E-state index in [2.05, 4.69) is 15.3 Å². The number of benzene rings is 2. The van der Waals surface area contributed by atoms with Crippen LogP contribution in [0.3, 0.4) is 0 Å². The zero-order valence-electron chi connectivity index (χ0n) is 16.9. The summed E-state index contributed by atoms with van der Waals surface area (Å²) in [5, 5.41) is 13.7. The fraction of sp³-hybridized carbons (Fsp3) is 0.182. The third kappa shape index (κ3) is 4.51. The molecule has 158 valence electrons. The van der Waals surface area contributed by atoms with Crippen molar-refractivity contribution in [2.45, 2.75) is 12.1 Å².